The normalized spacial score (nSPS) is 13.0. The van der Waals surface area contributed by atoms with Crippen molar-refractivity contribution in [3.05, 3.63) is 35.6 Å². The van der Waals surface area contributed by atoms with Crippen LogP contribution in [0.1, 0.15) is 18.9 Å². The second-order valence-corrected chi connectivity index (χ2v) is 5.52. The third-order valence-electron chi connectivity index (χ3n) is 2.05. The van der Waals surface area contributed by atoms with Crippen LogP contribution in [0.5, 0.6) is 0 Å². The predicted octanol–water partition coefficient (Wildman–Crippen LogP) is 1.55. The molecule has 0 aromatic heterocycles. The summed E-state index contributed by atoms with van der Waals surface area (Å²) in [6, 6.07) is 6.72. The first-order valence-corrected chi connectivity index (χ1v) is 6.69. The number of benzene rings is 1. The first-order chi connectivity index (χ1) is 7.93. The number of hydrogen-bond acceptors (Lipinski definition) is 3. The third-order valence-corrected chi connectivity index (χ3v) is 3.52. The Morgan fingerprint density at radius 2 is 2.00 bits per heavy atom. The molecule has 0 heterocycles. The molecule has 0 fully saturated rings. The maximum atomic E-state index is 12.6. The van der Waals surface area contributed by atoms with E-state index in [1.54, 1.807) is 6.92 Å². The van der Waals surface area contributed by atoms with Crippen LogP contribution < -0.4 is 4.72 Å². The van der Waals surface area contributed by atoms with Crippen molar-refractivity contribution in [2.75, 3.05) is 0 Å². The van der Waals surface area contributed by atoms with Gasteiger partial charge in [-0.15, -0.1) is 0 Å². The molecule has 0 aliphatic heterocycles. The minimum absolute atomic E-state index is 0.114. The van der Waals surface area contributed by atoms with Crippen molar-refractivity contribution in [1.29, 1.82) is 5.26 Å². The van der Waals surface area contributed by atoms with Crippen molar-refractivity contribution in [3.8, 4) is 6.07 Å². The van der Waals surface area contributed by atoms with E-state index in [0.717, 1.165) is 0 Å². The lowest BCUT2D eigenvalue weighted by molar-refractivity contribution is 0.562. The van der Waals surface area contributed by atoms with Gasteiger partial charge in [-0.25, -0.2) is 17.5 Å². The van der Waals surface area contributed by atoms with Gasteiger partial charge in [0.1, 0.15) is 5.82 Å². The zero-order valence-corrected chi connectivity index (χ0v) is 10.2. The minimum Gasteiger partial charge on any atom is -0.212 e. The Morgan fingerprint density at radius 3 is 2.53 bits per heavy atom. The highest BCUT2D eigenvalue weighted by atomic mass is 32.2. The van der Waals surface area contributed by atoms with E-state index in [0.29, 0.717) is 5.56 Å². The lowest BCUT2D eigenvalue weighted by atomic mass is 10.2. The lowest BCUT2D eigenvalue weighted by Gasteiger charge is -2.10. The molecule has 4 nitrogen and oxygen atoms in total. The Bertz CT molecular complexity index is 505. The summed E-state index contributed by atoms with van der Waals surface area (Å²) in [5, 5.41) is 8.43. The van der Waals surface area contributed by atoms with E-state index in [-0.39, 0.29) is 12.2 Å². The highest BCUT2D eigenvalue weighted by Gasteiger charge is 2.14. The quantitative estimate of drug-likeness (QED) is 0.868. The van der Waals surface area contributed by atoms with Crippen LogP contribution in [0.4, 0.5) is 4.39 Å². The minimum atomic E-state index is -3.49. The Balaban J connectivity index is 2.67. The van der Waals surface area contributed by atoms with E-state index in [1.165, 1.54) is 24.3 Å². The number of halogens is 1. The van der Waals surface area contributed by atoms with Crippen LogP contribution in [-0.4, -0.2) is 14.5 Å². The smallest absolute Gasteiger partial charge is 0.212 e. The number of nitrogens with zero attached hydrogens (tertiary/aromatic N) is 1. The molecule has 0 radical (unpaired) electrons. The van der Waals surface area contributed by atoms with E-state index < -0.39 is 21.9 Å². The van der Waals surface area contributed by atoms with Crippen LogP contribution in [0.3, 0.4) is 0 Å². The topological polar surface area (TPSA) is 70.0 Å². The first kappa shape index (κ1) is 13.6. The van der Waals surface area contributed by atoms with Gasteiger partial charge in [0.15, 0.2) is 0 Å². The van der Waals surface area contributed by atoms with Gasteiger partial charge in [-0.3, -0.25) is 0 Å². The summed E-state index contributed by atoms with van der Waals surface area (Å²) in [7, 11) is -3.49. The number of nitriles is 1. The van der Waals surface area contributed by atoms with Crippen molar-refractivity contribution in [1.82, 2.24) is 4.72 Å². The van der Waals surface area contributed by atoms with Crippen molar-refractivity contribution >= 4 is 10.0 Å². The fraction of sp³-hybridized carbons (Fsp3) is 0.364. The number of nitrogens with one attached hydrogen (secondary N) is 1. The van der Waals surface area contributed by atoms with Crippen molar-refractivity contribution in [2.24, 2.45) is 0 Å². The molecule has 0 spiro atoms. The van der Waals surface area contributed by atoms with Crippen molar-refractivity contribution in [3.63, 3.8) is 0 Å². The maximum absolute atomic E-state index is 12.6. The molecule has 0 unspecified atom stereocenters. The Kier molecular flexibility index (Phi) is 4.61. The average Bonchev–Trinajstić information content (AvgIpc) is 2.20. The van der Waals surface area contributed by atoms with E-state index in [1.807, 2.05) is 6.07 Å². The van der Waals surface area contributed by atoms with Gasteiger partial charge in [0, 0.05) is 6.04 Å². The molecule has 0 saturated heterocycles. The lowest BCUT2D eigenvalue weighted by Crippen LogP contribution is -2.33. The van der Waals surface area contributed by atoms with Gasteiger partial charge >= 0.3 is 0 Å². The SMILES string of the molecule is C[C@H](CC#N)NS(=O)(=O)Cc1ccc(F)cc1. The molecule has 0 saturated carbocycles. The van der Waals surface area contributed by atoms with Gasteiger partial charge in [0.2, 0.25) is 10.0 Å². The number of rotatable bonds is 5. The van der Waals surface area contributed by atoms with Crippen LogP contribution in [0.2, 0.25) is 0 Å². The predicted molar refractivity (Wildman–Crippen MR) is 61.9 cm³/mol. The molecule has 1 rings (SSSR count). The third kappa shape index (κ3) is 4.93. The van der Waals surface area contributed by atoms with Gasteiger partial charge in [0.25, 0.3) is 0 Å². The molecule has 0 bridgehead atoms. The summed E-state index contributed by atoms with van der Waals surface area (Å²) >= 11 is 0. The van der Waals surface area contributed by atoms with E-state index >= 15 is 0 Å². The zero-order valence-electron chi connectivity index (χ0n) is 9.35. The van der Waals surface area contributed by atoms with Crippen LogP contribution in [-0.2, 0) is 15.8 Å². The summed E-state index contributed by atoms with van der Waals surface area (Å²) in [5.41, 5.74) is 0.503. The Labute approximate surface area is 100 Å². The molecule has 0 amide bonds. The summed E-state index contributed by atoms with van der Waals surface area (Å²) in [6.45, 7) is 1.62. The number of sulfonamides is 1. The highest BCUT2D eigenvalue weighted by molar-refractivity contribution is 7.88. The molecule has 1 N–H and O–H groups in total. The second kappa shape index (κ2) is 5.75. The second-order valence-electron chi connectivity index (χ2n) is 3.77. The van der Waals surface area contributed by atoms with Crippen LogP contribution in [0.25, 0.3) is 0 Å². The monoisotopic (exact) mass is 256 g/mol. The fourth-order valence-electron chi connectivity index (χ4n) is 1.33. The van der Waals surface area contributed by atoms with Gasteiger partial charge in [-0.05, 0) is 24.6 Å². The average molecular weight is 256 g/mol. The Hall–Kier alpha value is -1.45. The van der Waals surface area contributed by atoms with Gasteiger partial charge in [-0.1, -0.05) is 12.1 Å². The van der Waals surface area contributed by atoms with Crippen LogP contribution >= 0.6 is 0 Å². The molecule has 1 aromatic rings. The molecular formula is C11H13FN2O2S. The first-order valence-electron chi connectivity index (χ1n) is 5.04. The fourth-order valence-corrected chi connectivity index (χ4v) is 2.74. The molecule has 17 heavy (non-hydrogen) atoms. The van der Waals surface area contributed by atoms with Gasteiger partial charge < -0.3 is 0 Å². The maximum Gasteiger partial charge on any atom is 0.216 e. The molecule has 6 heteroatoms. The van der Waals surface area contributed by atoms with E-state index in [2.05, 4.69) is 4.72 Å². The Morgan fingerprint density at radius 1 is 1.41 bits per heavy atom. The standard InChI is InChI=1S/C11H13FN2O2S/c1-9(6-7-13)14-17(15,16)8-10-2-4-11(12)5-3-10/h2-5,9,14H,6,8H2,1H3/t9-/m1/s1. The summed E-state index contributed by atoms with van der Waals surface area (Å²) in [4.78, 5) is 0. The number of hydrogen-bond donors (Lipinski definition) is 1. The largest absolute Gasteiger partial charge is 0.216 e. The van der Waals surface area contributed by atoms with E-state index in [9.17, 15) is 12.8 Å². The summed E-state index contributed by atoms with van der Waals surface area (Å²) in [6.07, 6.45) is 0.114. The molecule has 0 aliphatic rings. The van der Waals surface area contributed by atoms with Crippen LogP contribution in [0.15, 0.2) is 24.3 Å². The molecular weight excluding hydrogens is 243 g/mol. The summed E-state index contributed by atoms with van der Waals surface area (Å²) < 4.78 is 38.3. The van der Waals surface area contributed by atoms with Crippen molar-refractivity contribution < 1.29 is 12.8 Å². The molecule has 1 aromatic carbocycles. The highest BCUT2D eigenvalue weighted by Crippen LogP contribution is 2.07. The van der Waals surface area contributed by atoms with Gasteiger partial charge in [0.05, 0.1) is 18.2 Å². The summed E-state index contributed by atoms with van der Waals surface area (Å²) in [5.74, 6) is -0.625. The van der Waals surface area contributed by atoms with Gasteiger partial charge in [-0.2, -0.15) is 5.26 Å². The molecule has 0 aliphatic carbocycles. The van der Waals surface area contributed by atoms with Crippen molar-refractivity contribution in [2.45, 2.75) is 25.1 Å². The van der Waals surface area contributed by atoms with Crippen LogP contribution in [0, 0.1) is 17.1 Å². The molecule has 1 atom stereocenters. The zero-order chi connectivity index (χ0) is 12.9. The van der Waals surface area contributed by atoms with E-state index in [4.69, 9.17) is 5.26 Å². The molecule has 92 valence electrons.